The van der Waals surface area contributed by atoms with E-state index in [1.807, 2.05) is 34.9 Å². The molecule has 1 unspecified atom stereocenters. The standard InChI is InChI=1S/C29H27Br2NS3/c1-3-34-29(20-33-2)28-19-18-27(35-28)17-6-21-4-11-24(12-5-21)32(25-13-7-22(30)8-14-25)26-15-9-23(31)10-16-26/h4-19,29H,3,20H2,1-2H3/b17-6+. The van der Waals surface area contributed by atoms with Crippen molar-refractivity contribution in [1.82, 2.24) is 0 Å². The molecule has 0 radical (unpaired) electrons. The fourth-order valence-corrected chi connectivity index (χ4v) is 7.53. The molecule has 0 bridgehead atoms. The lowest BCUT2D eigenvalue weighted by atomic mass is 10.1. The molecule has 0 amide bonds. The van der Waals surface area contributed by atoms with Gasteiger partial charge >= 0.3 is 0 Å². The van der Waals surface area contributed by atoms with Crippen molar-refractivity contribution in [1.29, 1.82) is 0 Å². The van der Waals surface area contributed by atoms with E-state index in [1.54, 1.807) is 0 Å². The van der Waals surface area contributed by atoms with E-state index in [0.717, 1.165) is 37.5 Å². The van der Waals surface area contributed by atoms with Crippen LogP contribution in [0.5, 0.6) is 0 Å². The van der Waals surface area contributed by atoms with Crippen molar-refractivity contribution in [2.45, 2.75) is 12.2 Å². The Balaban J connectivity index is 1.55. The molecule has 0 fully saturated rings. The van der Waals surface area contributed by atoms with Crippen LogP contribution < -0.4 is 4.90 Å². The highest BCUT2D eigenvalue weighted by atomic mass is 79.9. The molecule has 3 aromatic carbocycles. The van der Waals surface area contributed by atoms with Gasteiger partial charge in [0, 0.05) is 46.8 Å². The second-order valence-corrected chi connectivity index (χ2v) is 13.2. The summed E-state index contributed by atoms with van der Waals surface area (Å²) in [5.41, 5.74) is 4.56. The minimum Gasteiger partial charge on any atom is -0.311 e. The highest BCUT2D eigenvalue weighted by molar-refractivity contribution is 9.10. The van der Waals surface area contributed by atoms with Crippen molar-refractivity contribution in [3.63, 3.8) is 0 Å². The molecule has 0 aliphatic rings. The number of thioether (sulfide) groups is 2. The minimum atomic E-state index is 0.588. The number of rotatable bonds is 10. The molecule has 4 aromatic rings. The molecule has 1 aromatic heterocycles. The molecule has 0 saturated carbocycles. The Labute approximate surface area is 238 Å². The summed E-state index contributed by atoms with van der Waals surface area (Å²) in [6, 6.07) is 30.2. The molecule has 0 aliphatic carbocycles. The number of halogens is 2. The third-order valence-electron chi connectivity index (χ3n) is 5.41. The van der Waals surface area contributed by atoms with Crippen molar-refractivity contribution >= 4 is 95.9 Å². The number of thiophene rings is 1. The van der Waals surface area contributed by atoms with Crippen molar-refractivity contribution in [3.05, 3.63) is 109 Å². The maximum Gasteiger partial charge on any atom is 0.0481 e. The molecule has 1 nitrogen and oxygen atoms in total. The summed E-state index contributed by atoms with van der Waals surface area (Å²) < 4.78 is 2.14. The normalized spacial score (nSPS) is 12.2. The second kappa shape index (κ2) is 13.2. The van der Waals surface area contributed by atoms with Crippen LogP contribution in [0.2, 0.25) is 0 Å². The Hall–Kier alpha value is -1.44. The topological polar surface area (TPSA) is 3.24 Å². The van der Waals surface area contributed by atoms with Crippen molar-refractivity contribution in [2.75, 3.05) is 22.7 Å². The first-order valence-corrected chi connectivity index (χ1v) is 16.2. The van der Waals surface area contributed by atoms with Crippen molar-refractivity contribution < 1.29 is 0 Å². The smallest absolute Gasteiger partial charge is 0.0481 e. The Bertz CT molecular complexity index is 1180. The van der Waals surface area contributed by atoms with Crippen molar-refractivity contribution in [2.24, 2.45) is 0 Å². The van der Waals surface area contributed by atoms with Crippen LogP contribution in [-0.2, 0) is 0 Å². The van der Waals surface area contributed by atoms with Crippen LogP contribution in [0.1, 0.15) is 27.5 Å². The average molecular weight is 646 g/mol. The van der Waals surface area contributed by atoms with Crippen LogP contribution >= 0.6 is 66.7 Å². The summed E-state index contributed by atoms with van der Waals surface area (Å²) >= 11 is 13.0. The lowest BCUT2D eigenvalue weighted by molar-refractivity contribution is 1.16. The summed E-state index contributed by atoms with van der Waals surface area (Å²) in [5.74, 6) is 2.31. The predicted molar refractivity (Wildman–Crippen MR) is 169 cm³/mol. The Kier molecular flexibility index (Phi) is 10.0. The van der Waals surface area contributed by atoms with Crippen LogP contribution in [0.25, 0.3) is 12.2 Å². The molecular weight excluding hydrogens is 618 g/mol. The van der Waals surface area contributed by atoms with Crippen LogP contribution in [-0.4, -0.2) is 17.8 Å². The van der Waals surface area contributed by atoms with Gasteiger partial charge in [0.2, 0.25) is 0 Å². The van der Waals surface area contributed by atoms with Gasteiger partial charge in [0.1, 0.15) is 0 Å². The fourth-order valence-electron chi connectivity index (χ4n) is 3.74. The van der Waals surface area contributed by atoms with E-state index in [1.165, 1.54) is 15.3 Å². The first-order valence-electron chi connectivity index (χ1n) is 11.4. The number of anilines is 3. The molecule has 0 spiro atoms. The van der Waals surface area contributed by atoms with E-state index in [-0.39, 0.29) is 0 Å². The minimum absolute atomic E-state index is 0.588. The van der Waals surface area contributed by atoms with Crippen LogP contribution in [0.15, 0.2) is 93.9 Å². The summed E-state index contributed by atoms with van der Waals surface area (Å²) in [5, 5.41) is 0.588. The number of hydrogen-bond acceptors (Lipinski definition) is 4. The van der Waals surface area contributed by atoms with Crippen LogP contribution in [0.3, 0.4) is 0 Å². The SMILES string of the molecule is CCSC(CSC)c1ccc(/C=C/c2ccc(N(c3ccc(Br)cc3)c3ccc(Br)cc3)cc2)s1. The monoisotopic (exact) mass is 643 g/mol. The highest BCUT2D eigenvalue weighted by Gasteiger charge is 2.14. The largest absolute Gasteiger partial charge is 0.311 e. The summed E-state index contributed by atoms with van der Waals surface area (Å²) in [6.07, 6.45) is 6.63. The lowest BCUT2D eigenvalue weighted by Gasteiger charge is -2.25. The summed E-state index contributed by atoms with van der Waals surface area (Å²) in [7, 11) is 0. The molecular formula is C29H27Br2NS3. The third kappa shape index (κ3) is 7.30. The van der Waals surface area contributed by atoms with Gasteiger partial charge in [0.25, 0.3) is 0 Å². The molecule has 6 heteroatoms. The van der Waals surface area contributed by atoms with E-state index in [9.17, 15) is 0 Å². The van der Waals surface area contributed by atoms with Gasteiger partial charge < -0.3 is 4.90 Å². The van der Waals surface area contributed by atoms with E-state index in [2.05, 4.69) is 147 Å². The number of hydrogen-bond donors (Lipinski definition) is 0. The van der Waals surface area contributed by atoms with Gasteiger partial charge in [0.05, 0.1) is 0 Å². The fraction of sp³-hybridized carbons (Fsp3) is 0.172. The zero-order valence-corrected chi connectivity index (χ0v) is 25.3. The molecule has 4 rings (SSSR count). The number of benzene rings is 3. The molecule has 0 aliphatic heterocycles. The molecule has 1 heterocycles. The van der Waals surface area contributed by atoms with Gasteiger partial charge in [-0.15, -0.1) is 11.3 Å². The Morgan fingerprint density at radius 1 is 0.771 bits per heavy atom. The Morgan fingerprint density at radius 3 is 1.83 bits per heavy atom. The van der Waals surface area contributed by atoms with E-state index >= 15 is 0 Å². The average Bonchev–Trinajstić information content (AvgIpc) is 3.35. The first kappa shape index (κ1) is 26.6. The van der Waals surface area contributed by atoms with Gasteiger partial charge in [-0.1, -0.05) is 57.0 Å². The quantitative estimate of drug-likeness (QED) is 0.169. The summed E-state index contributed by atoms with van der Waals surface area (Å²) in [4.78, 5) is 5.05. The molecule has 0 N–H and O–H groups in total. The highest BCUT2D eigenvalue weighted by Crippen LogP contribution is 2.37. The zero-order valence-electron chi connectivity index (χ0n) is 19.7. The van der Waals surface area contributed by atoms with Crippen molar-refractivity contribution in [3.8, 4) is 0 Å². The molecule has 1 atom stereocenters. The van der Waals surface area contributed by atoms with Gasteiger partial charge in [-0.25, -0.2) is 0 Å². The Morgan fingerprint density at radius 2 is 1.31 bits per heavy atom. The maximum atomic E-state index is 3.55. The third-order valence-corrected chi connectivity index (χ3v) is 9.82. The molecule has 180 valence electrons. The first-order chi connectivity index (χ1) is 17.1. The van der Waals surface area contributed by atoms with E-state index in [4.69, 9.17) is 0 Å². The van der Waals surface area contributed by atoms with E-state index < -0.39 is 0 Å². The predicted octanol–water partition coefficient (Wildman–Crippen LogP) is 11.1. The van der Waals surface area contributed by atoms with Crippen LogP contribution in [0.4, 0.5) is 17.1 Å². The van der Waals surface area contributed by atoms with Gasteiger partial charge in [0.15, 0.2) is 0 Å². The number of nitrogens with zero attached hydrogens (tertiary/aromatic N) is 1. The lowest BCUT2D eigenvalue weighted by Crippen LogP contribution is -2.09. The van der Waals surface area contributed by atoms with Crippen LogP contribution in [0, 0.1) is 0 Å². The second-order valence-electron chi connectivity index (χ2n) is 7.85. The van der Waals surface area contributed by atoms with Gasteiger partial charge in [-0.3, -0.25) is 0 Å². The van der Waals surface area contributed by atoms with Gasteiger partial charge in [-0.2, -0.15) is 23.5 Å². The molecule has 35 heavy (non-hydrogen) atoms. The zero-order chi connectivity index (χ0) is 24.6. The van der Waals surface area contributed by atoms with E-state index in [0.29, 0.717) is 5.25 Å². The summed E-state index contributed by atoms with van der Waals surface area (Å²) in [6.45, 7) is 2.24. The van der Waals surface area contributed by atoms with Gasteiger partial charge in [-0.05, 0) is 96.4 Å². The maximum absolute atomic E-state index is 3.55. The molecule has 0 saturated heterocycles.